The zero-order valence-corrected chi connectivity index (χ0v) is 15.1. The largest absolute Gasteiger partial charge is 0.459 e. The van der Waals surface area contributed by atoms with Crippen LogP contribution in [0, 0.1) is 10.1 Å². The molecule has 0 radical (unpaired) electrons. The molecule has 2 aliphatic rings. The molecule has 1 heterocycles. The fourth-order valence-corrected chi connectivity index (χ4v) is 3.82. The average Bonchev–Trinajstić information content (AvgIpc) is 2.83. The number of benzene rings is 1. The first kappa shape index (κ1) is 18.8. The topological polar surface area (TPSA) is 110 Å². The fraction of sp³-hybridized carbons (Fsp3) is 0.500. The van der Waals surface area contributed by atoms with Gasteiger partial charge in [-0.15, -0.1) is 0 Å². The average molecular weight is 375 g/mol. The first-order chi connectivity index (χ1) is 12.9. The molecule has 2 fully saturated rings. The molecule has 0 N–H and O–H groups in total. The molecule has 3 amide bonds. The van der Waals surface area contributed by atoms with Crippen LogP contribution in [-0.2, 0) is 20.9 Å². The molecule has 1 aliphatic heterocycles. The molecule has 0 atom stereocenters. The second-order valence-electron chi connectivity index (χ2n) is 6.87. The number of amides is 3. The summed E-state index contributed by atoms with van der Waals surface area (Å²) in [6, 6.07) is 5.42. The standard InChI is InChI=1S/C18H21N3O6/c1-19-17(24)20(16(23)18(19)9-5-2-6-10-18)11-15(22)27-12-13-7-3-4-8-14(13)21(25)26/h3-4,7-8H,2,5-6,9-12H2,1H3. The Hall–Kier alpha value is -2.97. The van der Waals surface area contributed by atoms with Gasteiger partial charge in [0.15, 0.2) is 0 Å². The quantitative estimate of drug-likeness (QED) is 0.338. The van der Waals surface area contributed by atoms with Crippen LogP contribution in [0.5, 0.6) is 0 Å². The van der Waals surface area contributed by atoms with Gasteiger partial charge in [-0.3, -0.25) is 24.6 Å². The van der Waals surface area contributed by atoms with Crippen LogP contribution in [0.1, 0.15) is 37.7 Å². The molecule has 1 saturated carbocycles. The summed E-state index contributed by atoms with van der Waals surface area (Å²) in [6.45, 7) is -0.794. The minimum Gasteiger partial charge on any atom is -0.459 e. The van der Waals surface area contributed by atoms with Crippen LogP contribution in [0.2, 0.25) is 0 Å². The van der Waals surface area contributed by atoms with E-state index in [9.17, 15) is 24.5 Å². The van der Waals surface area contributed by atoms with E-state index in [0.717, 1.165) is 24.2 Å². The van der Waals surface area contributed by atoms with Gasteiger partial charge in [-0.25, -0.2) is 4.79 Å². The van der Waals surface area contributed by atoms with Gasteiger partial charge in [0.05, 0.1) is 10.5 Å². The Kier molecular flexibility index (Phi) is 5.11. The highest BCUT2D eigenvalue weighted by Gasteiger charge is 2.55. The molecule has 0 bridgehead atoms. The summed E-state index contributed by atoms with van der Waals surface area (Å²) in [5, 5.41) is 11.0. The number of nitro groups is 1. The maximum absolute atomic E-state index is 12.8. The van der Waals surface area contributed by atoms with E-state index in [4.69, 9.17) is 4.74 Å². The summed E-state index contributed by atoms with van der Waals surface area (Å²) >= 11 is 0. The molecule has 0 unspecified atom stereocenters. The van der Waals surface area contributed by atoms with Gasteiger partial charge in [-0.1, -0.05) is 31.4 Å². The third-order valence-electron chi connectivity index (χ3n) is 5.35. The number of ether oxygens (including phenoxy) is 1. The van der Waals surface area contributed by atoms with Crippen molar-refractivity contribution in [3.05, 3.63) is 39.9 Å². The third kappa shape index (κ3) is 3.36. The van der Waals surface area contributed by atoms with Crippen LogP contribution >= 0.6 is 0 Å². The van der Waals surface area contributed by atoms with Crippen molar-refractivity contribution < 1.29 is 24.0 Å². The minimum atomic E-state index is -0.853. The van der Waals surface area contributed by atoms with Crippen molar-refractivity contribution in [2.45, 2.75) is 44.2 Å². The smallest absolute Gasteiger partial charge is 0.327 e. The maximum atomic E-state index is 12.8. The molecule has 9 heteroatoms. The third-order valence-corrected chi connectivity index (χ3v) is 5.35. The van der Waals surface area contributed by atoms with Crippen LogP contribution in [0.15, 0.2) is 24.3 Å². The number of imide groups is 1. The lowest BCUT2D eigenvalue weighted by molar-refractivity contribution is -0.385. The van der Waals surface area contributed by atoms with Crippen LogP contribution < -0.4 is 0 Å². The van der Waals surface area contributed by atoms with E-state index in [1.807, 2.05) is 0 Å². The lowest BCUT2D eigenvalue weighted by Gasteiger charge is -2.35. The molecule has 3 rings (SSSR count). The van der Waals surface area contributed by atoms with Crippen molar-refractivity contribution in [1.82, 2.24) is 9.80 Å². The molecule has 1 spiro atoms. The van der Waals surface area contributed by atoms with Crippen molar-refractivity contribution in [1.29, 1.82) is 0 Å². The maximum Gasteiger partial charge on any atom is 0.327 e. The number of urea groups is 1. The van der Waals surface area contributed by atoms with Gasteiger partial charge < -0.3 is 9.64 Å². The molecule has 0 aromatic heterocycles. The first-order valence-electron chi connectivity index (χ1n) is 8.84. The van der Waals surface area contributed by atoms with E-state index in [-0.39, 0.29) is 23.8 Å². The van der Waals surface area contributed by atoms with Crippen molar-refractivity contribution in [2.75, 3.05) is 13.6 Å². The van der Waals surface area contributed by atoms with E-state index in [1.165, 1.54) is 23.1 Å². The minimum absolute atomic E-state index is 0.153. The molecule has 144 valence electrons. The number of para-hydroxylation sites is 1. The SMILES string of the molecule is CN1C(=O)N(CC(=O)OCc2ccccc2[N+](=O)[O-])C(=O)C12CCCCC2. The second kappa shape index (κ2) is 7.34. The highest BCUT2D eigenvalue weighted by Crippen LogP contribution is 2.39. The summed E-state index contributed by atoms with van der Waals surface area (Å²) in [4.78, 5) is 50.3. The summed E-state index contributed by atoms with van der Waals surface area (Å²) in [5.41, 5.74) is -0.760. The van der Waals surface area contributed by atoms with Gasteiger partial charge in [0.25, 0.3) is 11.6 Å². The van der Waals surface area contributed by atoms with E-state index in [1.54, 1.807) is 13.1 Å². The first-order valence-corrected chi connectivity index (χ1v) is 8.84. The monoisotopic (exact) mass is 375 g/mol. The zero-order chi connectivity index (χ0) is 19.6. The van der Waals surface area contributed by atoms with Crippen LogP contribution in [-0.4, -0.2) is 51.8 Å². The molecular weight excluding hydrogens is 354 g/mol. The highest BCUT2D eigenvalue weighted by atomic mass is 16.6. The van der Waals surface area contributed by atoms with Gasteiger partial charge in [0, 0.05) is 13.1 Å². The van der Waals surface area contributed by atoms with Crippen LogP contribution in [0.25, 0.3) is 0 Å². The summed E-state index contributed by atoms with van der Waals surface area (Å²) in [6.07, 6.45) is 3.93. The number of likely N-dealkylation sites (N-methyl/N-ethyl adjacent to an activating group) is 1. The number of hydrogen-bond acceptors (Lipinski definition) is 6. The van der Waals surface area contributed by atoms with Crippen molar-refractivity contribution in [3.63, 3.8) is 0 Å². The Morgan fingerprint density at radius 1 is 1.22 bits per heavy atom. The Bertz CT molecular complexity index is 787. The Labute approximate surface area is 156 Å². The summed E-state index contributed by atoms with van der Waals surface area (Å²) in [7, 11) is 1.59. The van der Waals surface area contributed by atoms with Gasteiger partial charge in [0.2, 0.25) is 0 Å². The van der Waals surface area contributed by atoms with E-state index >= 15 is 0 Å². The number of nitrogens with zero attached hydrogens (tertiary/aromatic N) is 3. The summed E-state index contributed by atoms with van der Waals surface area (Å²) in [5.74, 6) is -1.14. The predicted molar refractivity (Wildman–Crippen MR) is 93.6 cm³/mol. The molecule has 9 nitrogen and oxygen atoms in total. The zero-order valence-electron chi connectivity index (χ0n) is 15.1. The number of esters is 1. The Morgan fingerprint density at radius 3 is 2.56 bits per heavy atom. The highest BCUT2D eigenvalue weighted by molar-refractivity contribution is 6.08. The number of carbonyl (C=O) groups excluding carboxylic acids is 3. The van der Waals surface area contributed by atoms with E-state index in [0.29, 0.717) is 12.8 Å². The number of rotatable bonds is 5. The second-order valence-corrected chi connectivity index (χ2v) is 6.87. The molecule has 27 heavy (non-hydrogen) atoms. The fourth-order valence-electron chi connectivity index (χ4n) is 3.82. The number of nitro benzene ring substituents is 1. The van der Waals surface area contributed by atoms with E-state index < -0.39 is 29.0 Å². The van der Waals surface area contributed by atoms with E-state index in [2.05, 4.69) is 0 Å². The summed E-state index contributed by atoms with van der Waals surface area (Å²) < 4.78 is 5.08. The molecule has 1 aliphatic carbocycles. The van der Waals surface area contributed by atoms with Crippen LogP contribution in [0.4, 0.5) is 10.5 Å². The predicted octanol–water partition coefficient (Wildman–Crippen LogP) is 2.23. The lowest BCUT2D eigenvalue weighted by Crippen LogP contribution is -2.49. The Balaban J connectivity index is 1.65. The molecule has 1 aromatic carbocycles. The number of carbonyl (C=O) groups is 3. The number of hydrogen-bond donors (Lipinski definition) is 0. The van der Waals surface area contributed by atoms with Gasteiger partial charge in [-0.05, 0) is 18.9 Å². The Morgan fingerprint density at radius 2 is 1.89 bits per heavy atom. The normalized spacial score (nSPS) is 18.9. The van der Waals surface area contributed by atoms with Crippen molar-refractivity contribution in [3.8, 4) is 0 Å². The van der Waals surface area contributed by atoms with Gasteiger partial charge in [-0.2, -0.15) is 0 Å². The van der Waals surface area contributed by atoms with Gasteiger partial charge in [0.1, 0.15) is 18.7 Å². The van der Waals surface area contributed by atoms with Crippen molar-refractivity contribution in [2.24, 2.45) is 0 Å². The van der Waals surface area contributed by atoms with Crippen LogP contribution in [0.3, 0.4) is 0 Å². The lowest BCUT2D eigenvalue weighted by atomic mass is 9.81. The molecular formula is C18H21N3O6. The molecule has 1 aromatic rings. The molecule has 1 saturated heterocycles. The van der Waals surface area contributed by atoms with Crippen molar-refractivity contribution >= 4 is 23.6 Å². The van der Waals surface area contributed by atoms with Gasteiger partial charge >= 0.3 is 12.0 Å².